The van der Waals surface area contributed by atoms with Crippen LogP contribution in [0.1, 0.15) is 61.7 Å². The van der Waals surface area contributed by atoms with E-state index >= 15 is 0 Å². The Morgan fingerprint density at radius 1 is 1.11 bits per heavy atom. The molecule has 192 valence electrons. The molecule has 0 aromatic heterocycles. The predicted molar refractivity (Wildman–Crippen MR) is 130 cm³/mol. The molecular weight excluding hydrogens is 450 g/mol. The molecule has 2 fully saturated rings. The molecule has 2 aliphatic heterocycles. The van der Waals surface area contributed by atoms with Crippen LogP contribution in [0.5, 0.6) is 5.75 Å². The summed E-state index contributed by atoms with van der Waals surface area (Å²) < 4.78 is 17.1. The van der Waals surface area contributed by atoms with Crippen LogP contribution >= 0.6 is 0 Å². The Kier molecular flexibility index (Phi) is 8.62. The SMILES string of the molecule is COCC(=O)Nc1ccc2c(c1)C(=O)N(C)[C@@H]1CC[C@@H](CC(=O)NCC3CCCCC3)O[C@@H]1CO2. The van der Waals surface area contributed by atoms with Crippen LogP contribution < -0.4 is 15.4 Å². The largest absolute Gasteiger partial charge is 0.490 e. The van der Waals surface area contributed by atoms with Crippen molar-refractivity contribution in [1.82, 2.24) is 10.2 Å². The lowest BCUT2D eigenvalue weighted by molar-refractivity contribution is -0.134. The summed E-state index contributed by atoms with van der Waals surface area (Å²) in [7, 11) is 3.22. The van der Waals surface area contributed by atoms with Gasteiger partial charge in [-0.3, -0.25) is 14.4 Å². The summed E-state index contributed by atoms with van der Waals surface area (Å²) in [5.41, 5.74) is 0.901. The van der Waals surface area contributed by atoms with E-state index < -0.39 is 0 Å². The van der Waals surface area contributed by atoms with Gasteiger partial charge in [-0.1, -0.05) is 19.3 Å². The van der Waals surface area contributed by atoms with Crippen LogP contribution in [0.25, 0.3) is 0 Å². The summed E-state index contributed by atoms with van der Waals surface area (Å²) >= 11 is 0. The highest BCUT2D eigenvalue weighted by Gasteiger charge is 2.39. The Bertz CT molecular complexity index is 916. The third-order valence-electron chi connectivity index (χ3n) is 7.30. The molecule has 0 radical (unpaired) electrons. The van der Waals surface area contributed by atoms with Gasteiger partial charge in [0.25, 0.3) is 5.91 Å². The maximum atomic E-state index is 13.3. The van der Waals surface area contributed by atoms with Crippen LogP contribution in [0.4, 0.5) is 5.69 Å². The minimum Gasteiger partial charge on any atom is -0.490 e. The summed E-state index contributed by atoms with van der Waals surface area (Å²) in [5, 5.41) is 5.82. The first-order chi connectivity index (χ1) is 16.9. The number of ether oxygens (including phenoxy) is 3. The zero-order valence-corrected chi connectivity index (χ0v) is 20.7. The smallest absolute Gasteiger partial charge is 0.257 e. The minimum atomic E-state index is -0.317. The Hall–Kier alpha value is -2.65. The number of likely N-dealkylation sites (N-methyl/N-ethyl adjacent to an activating group) is 1. The average molecular weight is 488 g/mol. The Balaban J connectivity index is 1.35. The van der Waals surface area contributed by atoms with Crippen LogP contribution in [0.2, 0.25) is 0 Å². The van der Waals surface area contributed by atoms with Crippen molar-refractivity contribution in [2.24, 2.45) is 5.92 Å². The highest BCUT2D eigenvalue weighted by Crippen LogP contribution is 2.32. The number of hydrogen-bond donors (Lipinski definition) is 2. The van der Waals surface area contributed by atoms with E-state index in [2.05, 4.69) is 10.6 Å². The summed E-state index contributed by atoms with van der Waals surface area (Å²) in [4.78, 5) is 39.4. The van der Waals surface area contributed by atoms with Gasteiger partial charge in [0, 0.05) is 26.4 Å². The third-order valence-corrected chi connectivity index (χ3v) is 7.30. The van der Waals surface area contributed by atoms with Gasteiger partial charge in [0.1, 0.15) is 25.1 Å². The van der Waals surface area contributed by atoms with Crippen LogP contribution in [-0.4, -0.2) is 74.8 Å². The molecule has 9 heteroatoms. The van der Waals surface area contributed by atoms with Gasteiger partial charge in [0.05, 0.1) is 24.1 Å². The number of methoxy groups -OCH3 is 1. The topological polar surface area (TPSA) is 106 Å². The number of benzene rings is 1. The molecule has 3 aliphatic rings. The number of nitrogens with one attached hydrogen (secondary N) is 2. The van der Waals surface area contributed by atoms with Gasteiger partial charge < -0.3 is 29.7 Å². The van der Waals surface area contributed by atoms with Gasteiger partial charge in [-0.05, 0) is 49.8 Å². The summed E-state index contributed by atoms with van der Waals surface area (Å²) in [6.07, 6.45) is 7.48. The quantitative estimate of drug-likeness (QED) is 0.613. The van der Waals surface area contributed by atoms with Crippen LogP contribution in [0, 0.1) is 5.92 Å². The van der Waals surface area contributed by atoms with Crippen LogP contribution in [0.3, 0.4) is 0 Å². The zero-order valence-electron chi connectivity index (χ0n) is 20.7. The first-order valence-corrected chi connectivity index (χ1v) is 12.7. The highest BCUT2D eigenvalue weighted by molar-refractivity contribution is 6.00. The molecule has 1 aliphatic carbocycles. The van der Waals surface area contributed by atoms with Gasteiger partial charge in [-0.15, -0.1) is 0 Å². The molecular formula is C26H37N3O6. The van der Waals surface area contributed by atoms with Crippen molar-refractivity contribution in [2.45, 2.75) is 69.6 Å². The number of rotatable bonds is 7. The van der Waals surface area contributed by atoms with E-state index in [0.29, 0.717) is 35.8 Å². The zero-order chi connectivity index (χ0) is 24.8. The number of anilines is 1. The second kappa shape index (κ2) is 11.9. The van der Waals surface area contributed by atoms with E-state index in [9.17, 15) is 14.4 Å². The number of amides is 3. The van der Waals surface area contributed by atoms with Crippen LogP contribution in [0.15, 0.2) is 18.2 Å². The molecule has 3 atom stereocenters. The van der Waals surface area contributed by atoms with E-state index in [1.807, 2.05) is 0 Å². The lowest BCUT2D eigenvalue weighted by Crippen LogP contribution is -2.54. The van der Waals surface area contributed by atoms with Gasteiger partial charge in [-0.25, -0.2) is 0 Å². The molecule has 4 rings (SSSR count). The second-order valence-electron chi connectivity index (χ2n) is 9.87. The Labute approximate surface area is 206 Å². The van der Waals surface area contributed by atoms with Gasteiger partial charge in [-0.2, -0.15) is 0 Å². The number of nitrogens with zero attached hydrogens (tertiary/aromatic N) is 1. The number of carbonyl (C=O) groups is 3. The maximum Gasteiger partial charge on any atom is 0.257 e. The number of carbonyl (C=O) groups excluding carboxylic acids is 3. The van der Waals surface area contributed by atoms with Crippen molar-refractivity contribution in [3.63, 3.8) is 0 Å². The summed E-state index contributed by atoms with van der Waals surface area (Å²) in [6, 6.07) is 4.86. The van der Waals surface area contributed by atoms with Crippen molar-refractivity contribution < 1.29 is 28.6 Å². The first kappa shape index (κ1) is 25.4. The molecule has 35 heavy (non-hydrogen) atoms. The van der Waals surface area contributed by atoms with Crippen molar-refractivity contribution in [3.8, 4) is 5.75 Å². The van der Waals surface area contributed by atoms with E-state index in [4.69, 9.17) is 14.2 Å². The second-order valence-corrected chi connectivity index (χ2v) is 9.87. The van der Waals surface area contributed by atoms with Crippen molar-refractivity contribution in [3.05, 3.63) is 23.8 Å². The van der Waals surface area contributed by atoms with E-state index in [-0.39, 0.29) is 49.2 Å². The summed E-state index contributed by atoms with van der Waals surface area (Å²) in [6.45, 7) is 0.968. The van der Waals surface area contributed by atoms with Crippen molar-refractivity contribution >= 4 is 23.4 Å². The number of fused-ring (bicyclic) bond motifs is 2. The van der Waals surface area contributed by atoms with E-state index in [1.54, 1.807) is 30.1 Å². The molecule has 0 spiro atoms. The molecule has 9 nitrogen and oxygen atoms in total. The normalized spacial score (nSPS) is 24.9. The Morgan fingerprint density at radius 3 is 2.69 bits per heavy atom. The molecule has 1 saturated heterocycles. The van der Waals surface area contributed by atoms with Crippen molar-refractivity contribution in [1.29, 1.82) is 0 Å². The lowest BCUT2D eigenvalue weighted by Gasteiger charge is -2.42. The summed E-state index contributed by atoms with van der Waals surface area (Å²) in [5.74, 6) is 0.584. The average Bonchev–Trinajstić information content (AvgIpc) is 2.86. The van der Waals surface area contributed by atoms with E-state index in [1.165, 1.54) is 39.2 Å². The van der Waals surface area contributed by atoms with Gasteiger partial charge >= 0.3 is 0 Å². The molecule has 3 amide bonds. The van der Waals surface area contributed by atoms with E-state index in [0.717, 1.165) is 13.0 Å². The van der Waals surface area contributed by atoms with Crippen LogP contribution in [-0.2, 0) is 19.1 Å². The first-order valence-electron chi connectivity index (χ1n) is 12.7. The highest BCUT2D eigenvalue weighted by atomic mass is 16.5. The monoisotopic (exact) mass is 487 g/mol. The predicted octanol–water partition coefficient (Wildman–Crippen LogP) is 2.74. The lowest BCUT2D eigenvalue weighted by atomic mass is 9.89. The fourth-order valence-corrected chi connectivity index (χ4v) is 5.36. The molecule has 0 bridgehead atoms. The molecule has 0 unspecified atom stereocenters. The van der Waals surface area contributed by atoms with Gasteiger partial charge in [0.15, 0.2) is 0 Å². The molecule has 2 heterocycles. The standard InChI is InChI=1S/C26H37N3O6/c1-29-21-10-9-19(13-24(30)27-14-17-6-4-3-5-7-17)35-23(21)15-34-22-11-8-18(12-20(22)26(29)32)28-25(31)16-33-2/h8,11-12,17,19,21,23H,3-7,9-10,13-16H2,1-2H3,(H,27,30)(H,28,31)/t19-,21+,23+/m0/s1. The fourth-order valence-electron chi connectivity index (χ4n) is 5.36. The molecule has 1 aromatic carbocycles. The fraction of sp³-hybridized carbons (Fsp3) is 0.654. The molecule has 1 saturated carbocycles. The molecule has 2 N–H and O–H groups in total. The minimum absolute atomic E-state index is 0.0311. The molecule has 1 aromatic rings. The van der Waals surface area contributed by atoms with Gasteiger partial charge in [0.2, 0.25) is 11.8 Å². The Morgan fingerprint density at radius 2 is 1.91 bits per heavy atom. The third kappa shape index (κ3) is 6.52. The number of hydrogen-bond acceptors (Lipinski definition) is 6. The maximum absolute atomic E-state index is 13.3. The van der Waals surface area contributed by atoms with Crippen molar-refractivity contribution in [2.75, 3.05) is 39.2 Å².